The van der Waals surface area contributed by atoms with Crippen LogP contribution >= 0.6 is 12.2 Å². The Hall–Kier alpha value is -1.42. The van der Waals surface area contributed by atoms with E-state index in [2.05, 4.69) is 9.89 Å². The first-order valence-corrected chi connectivity index (χ1v) is 6.37. The standard InChI is InChI=1S/C13H17N3S/c14-13(17)15-12(11-7-3-1-4-8-11)16-9-5-2-6-10-16/h1,3-4,7-8H,2,5-6,9-10H2,(H2,14,17)/b15-12+. The number of amidine groups is 1. The minimum atomic E-state index is 0.203. The number of benzene rings is 1. The Morgan fingerprint density at radius 3 is 2.35 bits per heavy atom. The summed E-state index contributed by atoms with van der Waals surface area (Å²) in [6.07, 6.45) is 3.72. The van der Waals surface area contributed by atoms with Crippen molar-refractivity contribution in [2.75, 3.05) is 13.1 Å². The average molecular weight is 247 g/mol. The molecule has 0 spiro atoms. The van der Waals surface area contributed by atoms with Gasteiger partial charge < -0.3 is 10.6 Å². The van der Waals surface area contributed by atoms with Gasteiger partial charge in [0.25, 0.3) is 0 Å². The Bertz CT molecular complexity index is 408. The highest BCUT2D eigenvalue weighted by atomic mass is 32.1. The second kappa shape index (κ2) is 5.77. The van der Waals surface area contributed by atoms with Crippen molar-refractivity contribution in [3.8, 4) is 0 Å². The van der Waals surface area contributed by atoms with Crippen LogP contribution in [0, 0.1) is 0 Å². The van der Waals surface area contributed by atoms with E-state index < -0.39 is 0 Å². The average Bonchev–Trinajstić information content (AvgIpc) is 2.38. The monoisotopic (exact) mass is 247 g/mol. The van der Waals surface area contributed by atoms with Crippen LogP contribution in [0.2, 0.25) is 0 Å². The third-order valence-electron chi connectivity index (χ3n) is 2.90. The van der Waals surface area contributed by atoms with Gasteiger partial charge in [0, 0.05) is 18.7 Å². The molecule has 1 aliphatic rings. The molecule has 90 valence electrons. The molecule has 17 heavy (non-hydrogen) atoms. The molecule has 4 heteroatoms. The van der Waals surface area contributed by atoms with Crippen molar-refractivity contribution in [1.82, 2.24) is 4.90 Å². The highest BCUT2D eigenvalue weighted by molar-refractivity contribution is 7.80. The Morgan fingerprint density at radius 2 is 1.76 bits per heavy atom. The summed E-state index contributed by atoms with van der Waals surface area (Å²) in [5, 5.41) is 0.203. The van der Waals surface area contributed by atoms with Gasteiger partial charge in [0.05, 0.1) is 0 Å². The molecule has 1 aliphatic heterocycles. The fraction of sp³-hybridized carbons (Fsp3) is 0.385. The summed E-state index contributed by atoms with van der Waals surface area (Å²) >= 11 is 4.90. The zero-order valence-electron chi connectivity index (χ0n) is 9.80. The molecule has 0 unspecified atom stereocenters. The lowest BCUT2D eigenvalue weighted by atomic mass is 10.1. The van der Waals surface area contributed by atoms with E-state index >= 15 is 0 Å². The van der Waals surface area contributed by atoms with E-state index in [4.69, 9.17) is 18.0 Å². The number of nitrogens with zero attached hydrogens (tertiary/aromatic N) is 2. The van der Waals surface area contributed by atoms with Gasteiger partial charge in [-0.2, -0.15) is 0 Å². The van der Waals surface area contributed by atoms with Crippen LogP contribution in [0.3, 0.4) is 0 Å². The maximum absolute atomic E-state index is 5.55. The van der Waals surface area contributed by atoms with Crippen LogP contribution in [0.4, 0.5) is 0 Å². The number of likely N-dealkylation sites (tertiary alicyclic amines) is 1. The predicted molar refractivity (Wildman–Crippen MR) is 75.2 cm³/mol. The van der Waals surface area contributed by atoms with Gasteiger partial charge in [-0.1, -0.05) is 30.3 Å². The second-order valence-electron chi connectivity index (χ2n) is 4.19. The second-order valence-corrected chi connectivity index (χ2v) is 4.61. The van der Waals surface area contributed by atoms with E-state index in [-0.39, 0.29) is 5.11 Å². The van der Waals surface area contributed by atoms with Crippen LogP contribution in [0.1, 0.15) is 24.8 Å². The van der Waals surface area contributed by atoms with Crippen LogP contribution in [-0.4, -0.2) is 28.9 Å². The zero-order valence-corrected chi connectivity index (χ0v) is 10.6. The van der Waals surface area contributed by atoms with Crippen LogP contribution in [0.5, 0.6) is 0 Å². The summed E-state index contributed by atoms with van der Waals surface area (Å²) in [6.45, 7) is 2.08. The molecule has 3 nitrogen and oxygen atoms in total. The van der Waals surface area contributed by atoms with Gasteiger partial charge in [0.1, 0.15) is 5.84 Å². The molecule has 2 N–H and O–H groups in total. The number of hydrogen-bond donors (Lipinski definition) is 1. The topological polar surface area (TPSA) is 41.6 Å². The highest BCUT2D eigenvalue weighted by Gasteiger charge is 2.16. The van der Waals surface area contributed by atoms with Gasteiger partial charge in [-0.15, -0.1) is 0 Å². The SMILES string of the molecule is NC(=S)/N=C(\c1ccccc1)N1CCCCC1. The van der Waals surface area contributed by atoms with E-state index in [1.807, 2.05) is 30.3 Å². The number of rotatable bonds is 1. The fourth-order valence-corrected chi connectivity index (χ4v) is 2.20. The first-order chi connectivity index (χ1) is 8.27. The Kier molecular flexibility index (Phi) is 4.09. The summed E-state index contributed by atoms with van der Waals surface area (Å²) < 4.78 is 0. The first kappa shape index (κ1) is 12.0. The molecule has 1 fully saturated rings. The van der Waals surface area contributed by atoms with Crippen LogP contribution < -0.4 is 5.73 Å². The summed E-state index contributed by atoms with van der Waals surface area (Å²) in [6, 6.07) is 10.1. The molecular formula is C13H17N3S. The molecule has 0 amide bonds. The van der Waals surface area contributed by atoms with Crippen molar-refractivity contribution >= 4 is 23.2 Å². The molecular weight excluding hydrogens is 230 g/mol. The Balaban J connectivity index is 2.28. The summed E-state index contributed by atoms with van der Waals surface area (Å²) in [4.78, 5) is 6.60. The molecule has 0 atom stereocenters. The fourth-order valence-electron chi connectivity index (χ4n) is 2.12. The van der Waals surface area contributed by atoms with Crippen LogP contribution in [0.25, 0.3) is 0 Å². The molecule has 1 aromatic carbocycles. The lowest BCUT2D eigenvalue weighted by Gasteiger charge is -2.29. The van der Waals surface area contributed by atoms with E-state index in [9.17, 15) is 0 Å². The van der Waals surface area contributed by atoms with Crippen LogP contribution in [-0.2, 0) is 0 Å². The number of thiocarbonyl (C=S) groups is 1. The molecule has 0 bridgehead atoms. The maximum atomic E-state index is 5.55. The van der Waals surface area contributed by atoms with E-state index in [1.165, 1.54) is 19.3 Å². The molecule has 1 saturated heterocycles. The number of aliphatic imine (C=N–C) groups is 1. The van der Waals surface area contributed by atoms with E-state index in [1.54, 1.807) is 0 Å². The van der Waals surface area contributed by atoms with Gasteiger partial charge in [0.2, 0.25) is 0 Å². The lowest BCUT2D eigenvalue weighted by molar-refractivity contribution is 0.343. The molecule has 2 rings (SSSR count). The molecule has 1 heterocycles. The van der Waals surface area contributed by atoms with Gasteiger partial charge >= 0.3 is 0 Å². The number of hydrogen-bond acceptors (Lipinski definition) is 1. The zero-order chi connectivity index (χ0) is 12.1. The van der Waals surface area contributed by atoms with Crippen molar-refractivity contribution in [3.05, 3.63) is 35.9 Å². The van der Waals surface area contributed by atoms with Gasteiger partial charge in [-0.05, 0) is 31.5 Å². The summed E-state index contributed by atoms with van der Waals surface area (Å²) in [5.74, 6) is 0.915. The third-order valence-corrected chi connectivity index (χ3v) is 2.99. The normalized spacial score (nSPS) is 16.9. The summed E-state index contributed by atoms with van der Waals surface area (Å²) in [5.41, 5.74) is 6.64. The van der Waals surface area contributed by atoms with Crippen molar-refractivity contribution in [2.24, 2.45) is 10.7 Å². The highest BCUT2D eigenvalue weighted by Crippen LogP contribution is 2.14. The minimum absolute atomic E-state index is 0.203. The molecule has 0 aliphatic carbocycles. The maximum Gasteiger partial charge on any atom is 0.192 e. The number of nitrogens with two attached hydrogens (primary N) is 1. The lowest BCUT2D eigenvalue weighted by Crippen LogP contribution is -2.37. The van der Waals surface area contributed by atoms with Gasteiger partial charge in [0.15, 0.2) is 5.11 Å². The Labute approximate surface area is 107 Å². The Morgan fingerprint density at radius 1 is 1.12 bits per heavy atom. The van der Waals surface area contributed by atoms with Crippen molar-refractivity contribution < 1.29 is 0 Å². The predicted octanol–water partition coefficient (Wildman–Crippen LogP) is 2.16. The largest absolute Gasteiger partial charge is 0.374 e. The molecule has 1 aromatic rings. The third kappa shape index (κ3) is 3.27. The van der Waals surface area contributed by atoms with Crippen molar-refractivity contribution in [1.29, 1.82) is 0 Å². The van der Waals surface area contributed by atoms with E-state index in [0.29, 0.717) is 0 Å². The minimum Gasteiger partial charge on any atom is -0.374 e. The quantitative estimate of drug-likeness (QED) is 0.470. The molecule has 0 aromatic heterocycles. The van der Waals surface area contributed by atoms with Gasteiger partial charge in [-0.3, -0.25) is 0 Å². The van der Waals surface area contributed by atoms with Crippen LogP contribution in [0.15, 0.2) is 35.3 Å². The smallest absolute Gasteiger partial charge is 0.192 e. The van der Waals surface area contributed by atoms with Crippen molar-refractivity contribution in [3.63, 3.8) is 0 Å². The van der Waals surface area contributed by atoms with Gasteiger partial charge in [-0.25, -0.2) is 4.99 Å². The first-order valence-electron chi connectivity index (χ1n) is 5.96. The number of piperidine rings is 1. The molecule has 0 saturated carbocycles. The van der Waals surface area contributed by atoms with E-state index in [0.717, 1.165) is 24.5 Å². The summed E-state index contributed by atoms with van der Waals surface area (Å²) in [7, 11) is 0. The molecule has 0 radical (unpaired) electrons. The van der Waals surface area contributed by atoms with Crippen molar-refractivity contribution in [2.45, 2.75) is 19.3 Å².